The molecular formula is C15H15FN2O2. The third kappa shape index (κ3) is 1.80. The Bertz CT molecular complexity index is 655. The van der Waals surface area contributed by atoms with Gasteiger partial charge < -0.3 is 9.63 Å². The molecule has 0 radical (unpaired) electrons. The first-order chi connectivity index (χ1) is 9.70. The lowest BCUT2D eigenvalue weighted by Crippen LogP contribution is -2.09. The summed E-state index contributed by atoms with van der Waals surface area (Å²) in [4.78, 5) is 4.41. The molecule has 3 unspecified atom stereocenters. The molecule has 2 fully saturated rings. The maximum atomic E-state index is 13.0. The van der Waals surface area contributed by atoms with Crippen molar-refractivity contribution in [1.29, 1.82) is 0 Å². The first kappa shape index (κ1) is 11.9. The molecule has 20 heavy (non-hydrogen) atoms. The molecule has 1 aromatic carbocycles. The van der Waals surface area contributed by atoms with E-state index in [2.05, 4.69) is 10.1 Å². The van der Waals surface area contributed by atoms with Gasteiger partial charge in [-0.3, -0.25) is 0 Å². The first-order valence-corrected chi connectivity index (χ1v) is 7.03. The Balaban J connectivity index is 1.65. The number of phenolic OH excluding ortho intramolecular Hbond substituents is 1. The minimum Gasteiger partial charge on any atom is -0.507 e. The average Bonchev–Trinajstić information content (AvgIpc) is 3.14. The molecule has 0 spiro atoms. The van der Waals surface area contributed by atoms with Crippen LogP contribution in [0.2, 0.25) is 0 Å². The van der Waals surface area contributed by atoms with Crippen LogP contribution in [0.25, 0.3) is 11.5 Å². The summed E-state index contributed by atoms with van der Waals surface area (Å²) in [5.74, 6) is 2.20. The molecule has 2 aliphatic rings. The van der Waals surface area contributed by atoms with E-state index in [1.54, 1.807) is 0 Å². The number of fused-ring (bicyclic) bond motifs is 2. The Hall–Kier alpha value is -1.91. The van der Waals surface area contributed by atoms with Gasteiger partial charge in [0, 0.05) is 12.0 Å². The van der Waals surface area contributed by atoms with Crippen LogP contribution in [-0.4, -0.2) is 15.2 Å². The molecule has 1 aromatic heterocycles. The number of hydrogen-bond donors (Lipinski definition) is 1. The quantitative estimate of drug-likeness (QED) is 0.910. The van der Waals surface area contributed by atoms with Crippen molar-refractivity contribution < 1.29 is 14.0 Å². The van der Waals surface area contributed by atoms with Crippen LogP contribution in [0.3, 0.4) is 0 Å². The van der Waals surface area contributed by atoms with E-state index in [1.807, 2.05) is 0 Å². The molecule has 104 valence electrons. The Kier molecular flexibility index (Phi) is 2.55. The van der Waals surface area contributed by atoms with E-state index >= 15 is 0 Å². The van der Waals surface area contributed by atoms with Gasteiger partial charge in [0.25, 0.3) is 5.89 Å². The number of rotatable bonds is 2. The summed E-state index contributed by atoms with van der Waals surface area (Å²) in [6.07, 6.45) is 4.99. The second kappa shape index (κ2) is 4.30. The fourth-order valence-electron chi connectivity index (χ4n) is 3.74. The van der Waals surface area contributed by atoms with E-state index in [-0.39, 0.29) is 11.6 Å². The molecular weight excluding hydrogens is 259 g/mol. The zero-order valence-corrected chi connectivity index (χ0v) is 10.9. The van der Waals surface area contributed by atoms with Crippen molar-refractivity contribution in [2.75, 3.05) is 0 Å². The minimum absolute atomic E-state index is 0.173. The average molecular weight is 274 g/mol. The first-order valence-electron chi connectivity index (χ1n) is 7.03. The Labute approximate surface area is 115 Å². The molecule has 0 amide bonds. The second-order valence-corrected chi connectivity index (χ2v) is 5.90. The zero-order chi connectivity index (χ0) is 13.7. The van der Waals surface area contributed by atoms with Gasteiger partial charge in [-0.2, -0.15) is 4.98 Å². The summed E-state index contributed by atoms with van der Waals surface area (Å²) in [5, 5.41) is 13.8. The lowest BCUT2D eigenvalue weighted by atomic mass is 9.88. The maximum Gasteiger partial charge on any atom is 0.261 e. The summed E-state index contributed by atoms with van der Waals surface area (Å²) in [5.41, 5.74) is 0.383. The van der Waals surface area contributed by atoms with Crippen molar-refractivity contribution in [2.24, 2.45) is 11.8 Å². The van der Waals surface area contributed by atoms with Crippen molar-refractivity contribution in [2.45, 2.75) is 31.6 Å². The predicted octanol–water partition coefficient (Wildman–Crippen LogP) is 3.48. The van der Waals surface area contributed by atoms with Gasteiger partial charge >= 0.3 is 0 Å². The van der Waals surface area contributed by atoms with E-state index in [4.69, 9.17) is 4.52 Å². The van der Waals surface area contributed by atoms with Crippen LogP contribution < -0.4 is 0 Å². The molecule has 0 aliphatic heterocycles. The van der Waals surface area contributed by atoms with Gasteiger partial charge in [-0.15, -0.1) is 0 Å². The van der Waals surface area contributed by atoms with Crippen LogP contribution in [0, 0.1) is 17.7 Å². The van der Waals surface area contributed by atoms with Crippen LogP contribution >= 0.6 is 0 Å². The lowest BCUT2D eigenvalue weighted by Gasteiger charge is -2.17. The monoisotopic (exact) mass is 274 g/mol. The van der Waals surface area contributed by atoms with Crippen LogP contribution in [0.15, 0.2) is 22.7 Å². The van der Waals surface area contributed by atoms with E-state index in [0.29, 0.717) is 17.4 Å². The Morgan fingerprint density at radius 2 is 2.15 bits per heavy atom. The fraction of sp³-hybridized carbons (Fsp3) is 0.467. The molecule has 1 heterocycles. The number of halogens is 1. The summed E-state index contributed by atoms with van der Waals surface area (Å²) in [6, 6.07) is 3.79. The van der Waals surface area contributed by atoms with Gasteiger partial charge in [0.15, 0.2) is 5.82 Å². The molecule has 1 N–H and O–H groups in total. The topological polar surface area (TPSA) is 59.2 Å². The number of benzene rings is 1. The van der Waals surface area contributed by atoms with Gasteiger partial charge in [-0.05, 0) is 43.2 Å². The van der Waals surface area contributed by atoms with Crippen LogP contribution in [-0.2, 0) is 0 Å². The molecule has 2 aromatic rings. The molecule has 3 atom stereocenters. The predicted molar refractivity (Wildman–Crippen MR) is 69.5 cm³/mol. The lowest BCUT2D eigenvalue weighted by molar-refractivity contribution is 0.371. The molecule has 2 saturated carbocycles. The van der Waals surface area contributed by atoms with E-state index in [1.165, 1.54) is 31.4 Å². The number of aromatic hydroxyl groups is 1. The number of nitrogens with zero attached hydrogens (tertiary/aromatic N) is 2. The Morgan fingerprint density at radius 1 is 1.25 bits per heavy atom. The highest BCUT2D eigenvalue weighted by Crippen LogP contribution is 2.52. The number of phenols is 1. The third-order valence-corrected chi connectivity index (χ3v) is 4.70. The van der Waals surface area contributed by atoms with Crippen LogP contribution in [0.4, 0.5) is 4.39 Å². The number of aromatic nitrogens is 2. The third-order valence-electron chi connectivity index (χ3n) is 4.70. The van der Waals surface area contributed by atoms with Crippen molar-refractivity contribution in [3.63, 3.8) is 0 Å². The summed E-state index contributed by atoms with van der Waals surface area (Å²) in [6.45, 7) is 0. The summed E-state index contributed by atoms with van der Waals surface area (Å²) in [7, 11) is 0. The molecule has 4 rings (SSSR count). The van der Waals surface area contributed by atoms with Crippen molar-refractivity contribution in [1.82, 2.24) is 10.1 Å². The van der Waals surface area contributed by atoms with Gasteiger partial charge in [0.05, 0.1) is 5.56 Å². The number of hydrogen-bond acceptors (Lipinski definition) is 4. The SMILES string of the molecule is Oc1cc(F)ccc1-c1nc(C2CC3CCC2C3)no1. The van der Waals surface area contributed by atoms with Crippen LogP contribution in [0.5, 0.6) is 5.75 Å². The van der Waals surface area contributed by atoms with E-state index in [9.17, 15) is 9.50 Å². The van der Waals surface area contributed by atoms with Gasteiger partial charge in [0.1, 0.15) is 11.6 Å². The molecule has 2 bridgehead atoms. The maximum absolute atomic E-state index is 13.0. The highest BCUT2D eigenvalue weighted by Gasteiger charge is 2.42. The standard InChI is InChI=1S/C15H15FN2O2/c16-10-3-4-11(13(19)7-10)15-17-14(18-20-15)12-6-8-1-2-9(12)5-8/h3-4,7-9,12,19H,1-2,5-6H2. The Morgan fingerprint density at radius 3 is 2.85 bits per heavy atom. The normalized spacial score (nSPS) is 28.1. The highest BCUT2D eigenvalue weighted by molar-refractivity contribution is 5.61. The zero-order valence-electron chi connectivity index (χ0n) is 10.9. The molecule has 4 nitrogen and oxygen atoms in total. The van der Waals surface area contributed by atoms with Crippen molar-refractivity contribution in [3.8, 4) is 17.2 Å². The van der Waals surface area contributed by atoms with Gasteiger partial charge in [-0.25, -0.2) is 4.39 Å². The largest absolute Gasteiger partial charge is 0.507 e. The fourth-order valence-corrected chi connectivity index (χ4v) is 3.74. The molecule has 0 saturated heterocycles. The highest BCUT2D eigenvalue weighted by atomic mass is 19.1. The summed E-state index contributed by atoms with van der Waals surface area (Å²) >= 11 is 0. The molecule has 2 aliphatic carbocycles. The minimum atomic E-state index is -0.487. The smallest absolute Gasteiger partial charge is 0.261 e. The van der Waals surface area contributed by atoms with E-state index in [0.717, 1.165) is 24.2 Å². The van der Waals surface area contributed by atoms with Crippen molar-refractivity contribution in [3.05, 3.63) is 29.8 Å². The van der Waals surface area contributed by atoms with Gasteiger partial charge in [-0.1, -0.05) is 11.6 Å². The summed E-state index contributed by atoms with van der Waals surface area (Å²) < 4.78 is 18.2. The van der Waals surface area contributed by atoms with E-state index < -0.39 is 5.82 Å². The van der Waals surface area contributed by atoms with Crippen molar-refractivity contribution >= 4 is 0 Å². The molecule has 5 heteroatoms. The van der Waals surface area contributed by atoms with Gasteiger partial charge in [0.2, 0.25) is 0 Å². The van der Waals surface area contributed by atoms with Crippen LogP contribution in [0.1, 0.15) is 37.4 Å². The second-order valence-electron chi connectivity index (χ2n) is 5.90.